The van der Waals surface area contributed by atoms with Gasteiger partial charge in [0.25, 0.3) is 0 Å². The lowest BCUT2D eigenvalue weighted by molar-refractivity contribution is 0.353. The molecular weight excluding hydrogens is 180 g/mol. The van der Waals surface area contributed by atoms with E-state index in [1.165, 1.54) is 0 Å². The lowest BCUT2D eigenvalue weighted by atomic mass is 10.4. The number of nitrogens with two attached hydrogens (primary N) is 1. The van der Waals surface area contributed by atoms with Crippen molar-refractivity contribution < 1.29 is 4.42 Å². The Bertz CT molecular complexity index is 283. The molecule has 1 aromatic rings. The highest BCUT2D eigenvalue weighted by molar-refractivity contribution is 5.76. The number of furan rings is 1. The summed E-state index contributed by atoms with van der Waals surface area (Å²) in [5, 5.41) is 7.73. The molecule has 14 heavy (non-hydrogen) atoms. The summed E-state index contributed by atoms with van der Waals surface area (Å²) < 4.78 is 5.18. The fraction of sp³-hybridized carbons (Fsp3) is 0.444. The molecule has 5 nitrogen and oxygen atoms in total. The van der Waals surface area contributed by atoms with Crippen molar-refractivity contribution in [2.75, 3.05) is 20.8 Å². The van der Waals surface area contributed by atoms with E-state index in [0.29, 0.717) is 19.2 Å². The second-order valence-corrected chi connectivity index (χ2v) is 3.14. The number of hydrogen-bond donors (Lipinski definition) is 2. The monoisotopic (exact) mass is 196 g/mol. The molecule has 0 amide bonds. The zero-order valence-electron chi connectivity index (χ0n) is 8.53. The molecule has 0 fully saturated rings. The fourth-order valence-corrected chi connectivity index (χ4v) is 1.09. The van der Waals surface area contributed by atoms with E-state index in [9.17, 15) is 0 Å². The van der Waals surface area contributed by atoms with Crippen LogP contribution in [0.5, 0.6) is 0 Å². The molecule has 0 radical (unpaired) electrons. The molecule has 5 heteroatoms. The van der Waals surface area contributed by atoms with Crippen LogP contribution in [0.3, 0.4) is 0 Å². The molecule has 0 unspecified atom stereocenters. The number of nitrogens with one attached hydrogen (secondary N) is 1. The van der Waals surface area contributed by atoms with Gasteiger partial charge in [0.15, 0.2) is 5.96 Å². The average Bonchev–Trinajstić information content (AvgIpc) is 2.68. The minimum atomic E-state index is 0.335. The van der Waals surface area contributed by atoms with E-state index in [1.807, 2.05) is 19.2 Å². The van der Waals surface area contributed by atoms with Crippen LogP contribution in [0, 0.1) is 5.41 Å². The van der Waals surface area contributed by atoms with Crippen molar-refractivity contribution in [2.45, 2.75) is 6.54 Å². The van der Waals surface area contributed by atoms with Crippen molar-refractivity contribution in [1.29, 1.82) is 5.41 Å². The molecular formula is C9H16N4O. The molecule has 0 spiro atoms. The summed E-state index contributed by atoms with van der Waals surface area (Å²) in [5.41, 5.74) is 5.42. The van der Waals surface area contributed by atoms with Crippen LogP contribution in [0.2, 0.25) is 0 Å². The van der Waals surface area contributed by atoms with Gasteiger partial charge in [-0.15, -0.1) is 0 Å². The zero-order chi connectivity index (χ0) is 10.6. The minimum Gasteiger partial charge on any atom is -0.467 e. The number of guanidine groups is 1. The molecule has 0 aliphatic carbocycles. The third kappa shape index (κ3) is 2.50. The number of hydrogen-bond acceptors (Lipinski definition) is 3. The molecule has 78 valence electrons. The summed E-state index contributed by atoms with van der Waals surface area (Å²) in [4.78, 5) is 3.43. The first-order valence-corrected chi connectivity index (χ1v) is 4.38. The second-order valence-electron chi connectivity index (χ2n) is 3.14. The number of nitrogens with zero attached hydrogens (tertiary/aromatic N) is 2. The fourth-order valence-electron chi connectivity index (χ4n) is 1.09. The molecule has 0 aliphatic rings. The minimum absolute atomic E-state index is 0.335. The average molecular weight is 196 g/mol. The highest BCUT2D eigenvalue weighted by atomic mass is 16.3. The summed E-state index contributed by atoms with van der Waals surface area (Å²) in [5.74, 6) is 1.21. The number of rotatable bonds is 3. The Kier molecular flexibility index (Phi) is 3.53. The van der Waals surface area contributed by atoms with E-state index in [4.69, 9.17) is 15.6 Å². The standard InChI is InChI=1S/C9H16N4O/c1-12(9(11)13(2)7-10)6-8-4-3-5-14-8/h3-5,11H,6-7,10H2,1-2H3. The van der Waals surface area contributed by atoms with Crippen LogP contribution >= 0.6 is 0 Å². The van der Waals surface area contributed by atoms with Crippen LogP contribution in [-0.2, 0) is 6.54 Å². The Labute approximate surface area is 83.6 Å². The molecule has 0 atom stereocenters. The van der Waals surface area contributed by atoms with Gasteiger partial charge in [0.2, 0.25) is 0 Å². The van der Waals surface area contributed by atoms with Gasteiger partial charge in [-0.1, -0.05) is 0 Å². The van der Waals surface area contributed by atoms with Gasteiger partial charge in [-0.05, 0) is 12.1 Å². The summed E-state index contributed by atoms with van der Waals surface area (Å²) in [6.07, 6.45) is 1.62. The van der Waals surface area contributed by atoms with Crippen LogP contribution in [0.25, 0.3) is 0 Å². The van der Waals surface area contributed by atoms with Gasteiger partial charge in [-0.25, -0.2) is 0 Å². The first kappa shape index (κ1) is 10.6. The van der Waals surface area contributed by atoms with Gasteiger partial charge >= 0.3 is 0 Å². The van der Waals surface area contributed by atoms with Crippen molar-refractivity contribution in [3.05, 3.63) is 24.2 Å². The maximum atomic E-state index is 7.73. The summed E-state index contributed by atoms with van der Waals surface area (Å²) in [6, 6.07) is 3.71. The highest BCUT2D eigenvalue weighted by Crippen LogP contribution is 2.04. The van der Waals surface area contributed by atoms with E-state index < -0.39 is 0 Å². The third-order valence-corrected chi connectivity index (χ3v) is 1.97. The first-order valence-electron chi connectivity index (χ1n) is 4.38. The predicted octanol–water partition coefficient (Wildman–Crippen LogP) is 0.494. The Morgan fingerprint density at radius 2 is 2.21 bits per heavy atom. The van der Waals surface area contributed by atoms with E-state index >= 15 is 0 Å². The Morgan fingerprint density at radius 1 is 1.50 bits per heavy atom. The first-order chi connectivity index (χ1) is 6.65. The molecule has 0 bridgehead atoms. The molecule has 1 heterocycles. The van der Waals surface area contributed by atoms with Crippen molar-refractivity contribution >= 4 is 5.96 Å². The van der Waals surface area contributed by atoms with E-state index in [1.54, 1.807) is 23.1 Å². The van der Waals surface area contributed by atoms with Crippen LogP contribution in [0.4, 0.5) is 0 Å². The zero-order valence-corrected chi connectivity index (χ0v) is 8.53. The molecule has 0 saturated carbocycles. The van der Waals surface area contributed by atoms with Crippen molar-refractivity contribution in [3.63, 3.8) is 0 Å². The normalized spacial score (nSPS) is 9.93. The highest BCUT2D eigenvalue weighted by Gasteiger charge is 2.09. The Balaban J connectivity index is 2.50. The van der Waals surface area contributed by atoms with Crippen molar-refractivity contribution in [2.24, 2.45) is 5.73 Å². The van der Waals surface area contributed by atoms with Gasteiger partial charge in [0.1, 0.15) is 5.76 Å². The van der Waals surface area contributed by atoms with Gasteiger partial charge in [0.05, 0.1) is 19.5 Å². The lowest BCUT2D eigenvalue weighted by Crippen LogP contribution is -2.41. The summed E-state index contributed by atoms with van der Waals surface area (Å²) in [6.45, 7) is 0.914. The largest absolute Gasteiger partial charge is 0.467 e. The SMILES string of the molecule is CN(CN)C(=N)N(C)Cc1ccco1. The van der Waals surface area contributed by atoms with E-state index in [0.717, 1.165) is 5.76 Å². The maximum Gasteiger partial charge on any atom is 0.194 e. The molecule has 0 aliphatic heterocycles. The van der Waals surface area contributed by atoms with Crippen molar-refractivity contribution in [3.8, 4) is 0 Å². The third-order valence-electron chi connectivity index (χ3n) is 1.97. The van der Waals surface area contributed by atoms with Crippen LogP contribution in [-0.4, -0.2) is 36.5 Å². The van der Waals surface area contributed by atoms with Gasteiger partial charge < -0.3 is 20.0 Å². The lowest BCUT2D eigenvalue weighted by Gasteiger charge is -2.25. The molecule has 1 rings (SSSR count). The maximum absolute atomic E-state index is 7.73. The smallest absolute Gasteiger partial charge is 0.194 e. The molecule has 0 aromatic carbocycles. The Morgan fingerprint density at radius 3 is 2.71 bits per heavy atom. The molecule has 0 saturated heterocycles. The predicted molar refractivity (Wildman–Crippen MR) is 54.7 cm³/mol. The van der Waals surface area contributed by atoms with Gasteiger partial charge in [-0.2, -0.15) is 0 Å². The van der Waals surface area contributed by atoms with Crippen LogP contribution in [0.1, 0.15) is 5.76 Å². The van der Waals surface area contributed by atoms with Gasteiger partial charge in [0, 0.05) is 14.1 Å². The molecule has 3 N–H and O–H groups in total. The van der Waals surface area contributed by atoms with Crippen LogP contribution < -0.4 is 5.73 Å². The second kappa shape index (κ2) is 4.66. The summed E-state index contributed by atoms with van der Waals surface area (Å²) in [7, 11) is 3.61. The van der Waals surface area contributed by atoms with Crippen molar-refractivity contribution in [1.82, 2.24) is 9.80 Å². The van der Waals surface area contributed by atoms with Crippen LogP contribution in [0.15, 0.2) is 22.8 Å². The molecule has 1 aromatic heterocycles. The van der Waals surface area contributed by atoms with E-state index in [-0.39, 0.29) is 0 Å². The van der Waals surface area contributed by atoms with Gasteiger partial charge in [-0.3, -0.25) is 5.41 Å². The quantitative estimate of drug-likeness (QED) is 0.419. The van der Waals surface area contributed by atoms with E-state index in [2.05, 4.69) is 0 Å². The Hall–Kier alpha value is -1.49. The topological polar surface area (TPSA) is 69.5 Å². The summed E-state index contributed by atoms with van der Waals surface area (Å²) >= 11 is 0.